The molecule has 0 heterocycles. The van der Waals surface area contributed by atoms with Crippen molar-refractivity contribution in [1.29, 1.82) is 0 Å². The lowest BCUT2D eigenvalue weighted by molar-refractivity contribution is 0.971. The number of allylic oxidation sites excluding steroid dienone is 9. The molecule has 0 saturated heterocycles. The first-order valence-corrected chi connectivity index (χ1v) is 18.5. The van der Waals surface area contributed by atoms with Crippen molar-refractivity contribution in [2.45, 2.75) is 19.8 Å². The van der Waals surface area contributed by atoms with Crippen molar-refractivity contribution in [3.63, 3.8) is 0 Å². The van der Waals surface area contributed by atoms with E-state index in [4.69, 9.17) is 0 Å². The fourth-order valence-corrected chi connectivity index (χ4v) is 8.30. The van der Waals surface area contributed by atoms with Gasteiger partial charge in [0.15, 0.2) is 0 Å². The van der Waals surface area contributed by atoms with Crippen molar-refractivity contribution in [3.8, 4) is 0 Å². The maximum absolute atomic E-state index is 3.97. The van der Waals surface area contributed by atoms with Crippen molar-refractivity contribution < 1.29 is 0 Å². The fourth-order valence-electron chi connectivity index (χ4n) is 8.30. The number of para-hydroxylation sites is 2. The van der Waals surface area contributed by atoms with Gasteiger partial charge < -0.3 is 10.2 Å². The highest BCUT2D eigenvalue weighted by Crippen LogP contribution is 2.50. The minimum absolute atomic E-state index is 1.06. The third-order valence-electron chi connectivity index (χ3n) is 10.5. The maximum Gasteiger partial charge on any atom is 0.0468 e. The van der Waals surface area contributed by atoms with Crippen LogP contribution in [0.1, 0.15) is 30.9 Å². The summed E-state index contributed by atoms with van der Waals surface area (Å²) in [5.41, 5.74) is 8.09. The Morgan fingerprint density at radius 3 is 1.94 bits per heavy atom. The van der Waals surface area contributed by atoms with Gasteiger partial charge in [0.25, 0.3) is 0 Å². The van der Waals surface area contributed by atoms with Crippen LogP contribution in [0.4, 0.5) is 17.1 Å². The van der Waals surface area contributed by atoms with Crippen molar-refractivity contribution in [1.82, 2.24) is 5.32 Å². The molecule has 8 aromatic carbocycles. The monoisotopic (exact) mass is 680 g/mol. The Morgan fingerprint density at radius 1 is 0.604 bits per heavy atom. The van der Waals surface area contributed by atoms with Crippen LogP contribution in [0.25, 0.3) is 66.0 Å². The van der Waals surface area contributed by atoms with Gasteiger partial charge >= 0.3 is 0 Å². The standard InChI is InChI=1S/C51H40N2/c1-3-16-35(17-4-2)28-30-43-40(32-33-52-36-18-8-5-9-19-36)41-24-14-26-45-48(41)50(43)46-27-15-25-42-47-34-39(29-31-44(47)51(45)49(42)46)53(37-20-10-6-11-21-37)38-22-12-7-13-23-38/h3-4,6-8,10-34,52H,1,5,9H2,2H3/b17-4-,30-28-,33-32+,35-16+. The van der Waals surface area contributed by atoms with Crippen LogP contribution in [0.15, 0.2) is 188 Å². The number of rotatable bonds is 10. The molecule has 0 saturated carbocycles. The lowest BCUT2D eigenvalue weighted by atomic mass is 9.95. The summed E-state index contributed by atoms with van der Waals surface area (Å²) in [6.07, 6.45) is 25.8. The lowest BCUT2D eigenvalue weighted by Gasteiger charge is -2.25. The van der Waals surface area contributed by atoms with Crippen LogP contribution in [0.2, 0.25) is 0 Å². The van der Waals surface area contributed by atoms with Crippen LogP contribution >= 0.6 is 0 Å². The summed E-state index contributed by atoms with van der Waals surface area (Å²) in [5, 5.41) is 16.5. The maximum atomic E-state index is 3.97. The van der Waals surface area contributed by atoms with Gasteiger partial charge in [-0.15, -0.1) is 0 Å². The average Bonchev–Trinajstić information content (AvgIpc) is 3.71. The Kier molecular flexibility index (Phi) is 8.42. The minimum atomic E-state index is 1.06. The summed E-state index contributed by atoms with van der Waals surface area (Å²) in [6.45, 7) is 6.03. The molecular formula is C51H40N2. The fraction of sp³-hybridized carbons (Fsp3) is 0.0588. The molecule has 0 aliphatic heterocycles. The van der Waals surface area contributed by atoms with E-state index >= 15 is 0 Å². The molecule has 53 heavy (non-hydrogen) atoms. The zero-order valence-electron chi connectivity index (χ0n) is 29.9. The molecule has 1 aliphatic carbocycles. The van der Waals surface area contributed by atoms with E-state index in [1.54, 1.807) is 0 Å². The van der Waals surface area contributed by atoms with E-state index in [0.717, 1.165) is 41.2 Å². The number of hydrogen-bond donors (Lipinski definition) is 1. The molecule has 0 fully saturated rings. The molecule has 9 rings (SSSR count). The summed E-state index contributed by atoms with van der Waals surface area (Å²) in [5.74, 6) is 0. The smallest absolute Gasteiger partial charge is 0.0468 e. The summed E-state index contributed by atoms with van der Waals surface area (Å²) in [7, 11) is 0. The molecule has 254 valence electrons. The average molecular weight is 681 g/mol. The van der Waals surface area contributed by atoms with Gasteiger partial charge in [0.1, 0.15) is 0 Å². The zero-order valence-corrected chi connectivity index (χ0v) is 29.9. The predicted molar refractivity (Wildman–Crippen MR) is 232 cm³/mol. The second kappa shape index (κ2) is 13.8. The van der Waals surface area contributed by atoms with Crippen molar-refractivity contribution in [2.24, 2.45) is 0 Å². The molecule has 2 nitrogen and oxygen atoms in total. The van der Waals surface area contributed by atoms with E-state index in [2.05, 4.69) is 200 Å². The van der Waals surface area contributed by atoms with E-state index in [0.29, 0.717) is 0 Å². The van der Waals surface area contributed by atoms with Gasteiger partial charge in [0, 0.05) is 29.0 Å². The summed E-state index contributed by atoms with van der Waals surface area (Å²) >= 11 is 0. The van der Waals surface area contributed by atoms with E-state index in [-0.39, 0.29) is 0 Å². The Bertz CT molecular complexity index is 2770. The quantitative estimate of drug-likeness (QED) is 0.114. The molecule has 0 spiro atoms. The SMILES string of the molecule is C=C/C=C(\C=C/C)/C=C\c1c(/C=C/NC2=CCCC=C2)c2cccc3c2c1c1cccc2c4cc(N(c5ccccc5)c5ccccc5)ccc4c3c21. The minimum Gasteiger partial charge on any atom is -0.362 e. The van der Waals surface area contributed by atoms with Crippen LogP contribution in [0.3, 0.4) is 0 Å². The van der Waals surface area contributed by atoms with Gasteiger partial charge in [-0.2, -0.15) is 0 Å². The molecule has 1 N–H and O–H groups in total. The van der Waals surface area contributed by atoms with Crippen LogP contribution in [0.5, 0.6) is 0 Å². The zero-order chi connectivity index (χ0) is 35.7. The van der Waals surface area contributed by atoms with Crippen molar-refractivity contribution in [3.05, 3.63) is 199 Å². The highest BCUT2D eigenvalue weighted by Gasteiger charge is 2.24. The Balaban J connectivity index is 1.32. The van der Waals surface area contributed by atoms with E-state index < -0.39 is 0 Å². The molecular weight excluding hydrogens is 641 g/mol. The topological polar surface area (TPSA) is 15.3 Å². The molecule has 0 aromatic heterocycles. The number of fused-ring (bicyclic) bond motifs is 5. The first kappa shape index (κ1) is 32.3. The number of nitrogens with zero attached hydrogens (tertiary/aromatic N) is 1. The third-order valence-corrected chi connectivity index (χ3v) is 10.5. The number of nitrogens with one attached hydrogen (secondary N) is 1. The van der Waals surface area contributed by atoms with Crippen LogP contribution in [0, 0.1) is 0 Å². The molecule has 0 radical (unpaired) electrons. The van der Waals surface area contributed by atoms with E-state index in [9.17, 15) is 0 Å². The summed E-state index contributed by atoms with van der Waals surface area (Å²) < 4.78 is 0. The van der Waals surface area contributed by atoms with E-state index in [1.165, 1.54) is 65.0 Å². The second-order valence-corrected chi connectivity index (χ2v) is 13.6. The summed E-state index contributed by atoms with van der Waals surface area (Å²) in [4.78, 5) is 2.35. The molecule has 1 aliphatic rings. The number of anilines is 3. The predicted octanol–water partition coefficient (Wildman–Crippen LogP) is 14.3. The first-order valence-electron chi connectivity index (χ1n) is 18.5. The molecule has 0 amide bonds. The molecule has 0 atom stereocenters. The van der Waals surface area contributed by atoms with Crippen molar-refractivity contribution in [2.75, 3.05) is 4.90 Å². The van der Waals surface area contributed by atoms with Gasteiger partial charge in [-0.1, -0.05) is 134 Å². The van der Waals surface area contributed by atoms with Crippen LogP contribution in [-0.4, -0.2) is 0 Å². The number of hydrogen-bond acceptors (Lipinski definition) is 2. The lowest BCUT2D eigenvalue weighted by Crippen LogP contribution is -2.09. The Morgan fingerprint density at radius 2 is 1.26 bits per heavy atom. The van der Waals surface area contributed by atoms with Crippen molar-refractivity contribution >= 4 is 83.1 Å². The largest absolute Gasteiger partial charge is 0.362 e. The third kappa shape index (κ3) is 5.60. The normalized spacial score (nSPS) is 14.0. The summed E-state index contributed by atoms with van der Waals surface area (Å²) in [6, 6.07) is 42.0. The molecule has 8 aromatic rings. The number of benzene rings is 6. The van der Waals surface area contributed by atoms with E-state index in [1.807, 2.05) is 6.08 Å². The van der Waals surface area contributed by atoms with Gasteiger partial charge in [-0.05, 0) is 139 Å². The van der Waals surface area contributed by atoms with Gasteiger partial charge in [-0.3, -0.25) is 0 Å². The Hall–Kier alpha value is -6.64. The highest BCUT2D eigenvalue weighted by molar-refractivity contribution is 6.44. The van der Waals surface area contributed by atoms with Crippen LogP contribution < -0.4 is 10.2 Å². The first-order chi connectivity index (χ1) is 26.2. The van der Waals surface area contributed by atoms with Gasteiger partial charge in [-0.25, -0.2) is 0 Å². The Labute approximate surface area is 311 Å². The second-order valence-electron chi connectivity index (χ2n) is 13.6. The molecule has 2 heteroatoms. The highest BCUT2D eigenvalue weighted by atomic mass is 15.1. The molecule has 0 bridgehead atoms. The molecule has 0 unspecified atom stereocenters. The van der Waals surface area contributed by atoms with Crippen LogP contribution in [-0.2, 0) is 0 Å². The van der Waals surface area contributed by atoms with Gasteiger partial charge in [0.2, 0.25) is 0 Å². The van der Waals surface area contributed by atoms with Gasteiger partial charge in [0.05, 0.1) is 0 Å².